The zero-order valence-electron chi connectivity index (χ0n) is 10.9. The summed E-state index contributed by atoms with van der Waals surface area (Å²) in [4.78, 5) is 2.55. The third-order valence-corrected chi connectivity index (χ3v) is 3.62. The molecule has 0 aliphatic carbocycles. The first-order chi connectivity index (χ1) is 8.25. The molecule has 18 heavy (non-hydrogen) atoms. The van der Waals surface area contributed by atoms with Crippen molar-refractivity contribution in [2.24, 2.45) is 0 Å². The maximum atomic E-state index is 6.03. The first-order valence-corrected chi connectivity index (χ1v) is 6.82. The van der Waals surface area contributed by atoms with Gasteiger partial charge >= 0.3 is 0 Å². The van der Waals surface area contributed by atoms with E-state index in [9.17, 15) is 0 Å². The molecule has 1 saturated heterocycles. The van der Waals surface area contributed by atoms with Crippen molar-refractivity contribution < 1.29 is 0 Å². The van der Waals surface area contributed by atoms with Gasteiger partial charge in [-0.15, -0.1) is 12.4 Å². The fourth-order valence-corrected chi connectivity index (χ4v) is 2.59. The Morgan fingerprint density at radius 3 is 2.94 bits per heavy atom. The Bertz CT molecular complexity index is 349. The van der Waals surface area contributed by atoms with Crippen molar-refractivity contribution in [2.45, 2.75) is 19.3 Å². The molecule has 0 spiro atoms. The van der Waals surface area contributed by atoms with Crippen LogP contribution in [-0.2, 0) is 0 Å². The molecule has 1 aliphatic heterocycles. The molecule has 1 aromatic carbocycles. The lowest BCUT2D eigenvalue weighted by molar-refractivity contribution is 0.278. The Kier molecular flexibility index (Phi) is 7.02. The second-order valence-electron chi connectivity index (χ2n) is 4.86. The zero-order valence-corrected chi connectivity index (χ0v) is 12.4. The van der Waals surface area contributed by atoms with Crippen LogP contribution in [0.15, 0.2) is 24.3 Å². The van der Waals surface area contributed by atoms with E-state index in [1.54, 1.807) is 0 Å². The Balaban J connectivity index is 0.00000162. The molecular formula is C14H22Cl2N2. The SMILES string of the molecule is CC(CN1CCCNCC1)c1cccc(Cl)c1.Cl. The van der Waals surface area contributed by atoms with Crippen LogP contribution in [0.3, 0.4) is 0 Å². The van der Waals surface area contributed by atoms with Crippen molar-refractivity contribution in [3.05, 3.63) is 34.9 Å². The molecule has 1 fully saturated rings. The van der Waals surface area contributed by atoms with Gasteiger partial charge in [0.1, 0.15) is 0 Å². The lowest BCUT2D eigenvalue weighted by Crippen LogP contribution is -2.31. The summed E-state index contributed by atoms with van der Waals surface area (Å²) in [5.41, 5.74) is 1.34. The highest BCUT2D eigenvalue weighted by molar-refractivity contribution is 6.30. The number of rotatable bonds is 3. The van der Waals surface area contributed by atoms with E-state index in [-0.39, 0.29) is 12.4 Å². The van der Waals surface area contributed by atoms with Crippen LogP contribution < -0.4 is 5.32 Å². The van der Waals surface area contributed by atoms with Crippen molar-refractivity contribution in [1.82, 2.24) is 10.2 Å². The number of hydrogen-bond donors (Lipinski definition) is 1. The summed E-state index contributed by atoms with van der Waals surface area (Å²) >= 11 is 6.03. The van der Waals surface area contributed by atoms with Crippen LogP contribution in [0.5, 0.6) is 0 Å². The first-order valence-electron chi connectivity index (χ1n) is 6.44. The molecule has 4 heteroatoms. The van der Waals surface area contributed by atoms with Crippen LogP contribution in [0.1, 0.15) is 24.8 Å². The van der Waals surface area contributed by atoms with Gasteiger partial charge in [-0.1, -0.05) is 30.7 Å². The van der Waals surface area contributed by atoms with Gasteiger partial charge in [0, 0.05) is 24.7 Å². The molecule has 0 saturated carbocycles. The monoisotopic (exact) mass is 288 g/mol. The van der Waals surface area contributed by atoms with Gasteiger partial charge in [-0.3, -0.25) is 0 Å². The van der Waals surface area contributed by atoms with Crippen molar-refractivity contribution >= 4 is 24.0 Å². The molecule has 0 radical (unpaired) electrons. The Morgan fingerprint density at radius 1 is 1.33 bits per heavy atom. The molecule has 1 heterocycles. The molecule has 1 atom stereocenters. The third-order valence-electron chi connectivity index (χ3n) is 3.38. The van der Waals surface area contributed by atoms with Gasteiger partial charge in [-0.25, -0.2) is 0 Å². The van der Waals surface area contributed by atoms with Gasteiger partial charge in [0.05, 0.1) is 0 Å². The van der Waals surface area contributed by atoms with E-state index >= 15 is 0 Å². The molecule has 0 bridgehead atoms. The molecule has 1 aromatic rings. The summed E-state index contributed by atoms with van der Waals surface area (Å²) in [5.74, 6) is 0.548. The van der Waals surface area contributed by atoms with E-state index in [1.165, 1.54) is 18.5 Å². The minimum absolute atomic E-state index is 0. The summed E-state index contributed by atoms with van der Waals surface area (Å²) in [6, 6.07) is 8.24. The van der Waals surface area contributed by atoms with Crippen LogP contribution in [0, 0.1) is 0 Å². The highest BCUT2D eigenvalue weighted by Crippen LogP contribution is 2.20. The van der Waals surface area contributed by atoms with Gasteiger partial charge in [-0.05, 0) is 43.1 Å². The Hall–Kier alpha value is -0.280. The summed E-state index contributed by atoms with van der Waals surface area (Å²) in [5, 5.41) is 4.28. The predicted octanol–water partition coefficient (Wildman–Crippen LogP) is 3.16. The van der Waals surface area contributed by atoms with E-state index in [0.717, 1.165) is 31.2 Å². The number of nitrogens with one attached hydrogen (secondary N) is 1. The van der Waals surface area contributed by atoms with Crippen molar-refractivity contribution in [2.75, 3.05) is 32.7 Å². The van der Waals surface area contributed by atoms with Gasteiger partial charge in [0.15, 0.2) is 0 Å². The van der Waals surface area contributed by atoms with E-state index in [1.807, 2.05) is 12.1 Å². The lowest BCUT2D eigenvalue weighted by atomic mass is 10.0. The maximum absolute atomic E-state index is 6.03. The number of nitrogens with zero attached hydrogens (tertiary/aromatic N) is 1. The van der Waals surface area contributed by atoms with Crippen LogP contribution in [0.25, 0.3) is 0 Å². The van der Waals surface area contributed by atoms with E-state index in [0.29, 0.717) is 5.92 Å². The summed E-state index contributed by atoms with van der Waals surface area (Å²) in [6.07, 6.45) is 1.25. The molecule has 1 unspecified atom stereocenters. The minimum atomic E-state index is 0. The second kappa shape index (κ2) is 8.00. The number of halogens is 2. The largest absolute Gasteiger partial charge is 0.315 e. The highest BCUT2D eigenvalue weighted by atomic mass is 35.5. The molecule has 0 amide bonds. The Morgan fingerprint density at radius 2 is 2.17 bits per heavy atom. The average molecular weight is 289 g/mol. The van der Waals surface area contributed by atoms with Gasteiger partial charge in [-0.2, -0.15) is 0 Å². The van der Waals surface area contributed by atoms with E-state index in [2.05, 4.69) is 29.3 Å². The summed E-state index contributed by atoms with van der Waals surface area (Å²) in [6.45, 7) is 8.04. The molecule has 1 aliphatic rings. The first kappa shape index (κ1) is 15.8. The molecular weight excluding hydrogens is 267 g/mol. The zero-order chi connectivity index (χ0) is 12.1. The Labute approximate surface area is 121 Å². The fourth-order valence-electron chi connectivity index (χ4n) is 2.39. The smallest absolute Gasteiger partial charge is 0.0408 e. The topological polar surface area (TPSA) is 15.3 Å². The molecule has 2 rings (SSSR count). The van der Waals surface area contributed by atoms with Gasteiger partial charge in [0.2, 0.25) is 0 Å². The maximum Gasteiger partial charge on any atom is 0.0408 e. The van der Waals surface area contributed by atoms with Crippen LogP contribution in [0.4, 0.5) is 0 Å². The highest BCUT2D eigenvalue weighted by Gasteiger charge is 2.13. The van der Waals surface area contributed by atoms with Crippen molar-refractivity contribution in [1.29, 1.82) is 0 Å². The van der Waals surface area contributed by atoms with Crippen LogP contribution in [0.2, 0.25) is 5.02 Å². The lowest BCUT2D eigenvalue weighted by Gasteiger charge is -2.24. The predicted molar refractivity (Wildman–Crippen MR) is 81.0 cm³/mol. The van der Waals surface area contributed by atoms with Crippen LogP contribution in [-0.4, -0.2) is 37.6 Å². The molecule has 102 valence electrons. The summed E-state index contributed by atoms with van der Waals surface area (Å²) < 4.78 is 0. The molecule has 1 N–H and O–H groups in total. The van der Waals surface area contributed by atoms with Gasteiger partial charge in [0.25, 0.3) is 0 Å². The molecule has 0 aromatic heterocycles. The van der Waals surface area contributed by atoms with E-state index < -0.39 is 0 Å². The minimum Gasteiger partial charge on any atom is -0.315 e. The average Bonchev–Trinajstić information content (AvgIpc) is 2.57. The van der Waals surface area contributed by atoms with Crippen molar-refractivity contribution in [3.63, 3.8) is 0 Å². The quantitative estimate of drug-likeness (QED) is 0.919. The third kappa shape index (κ3) is 4.77. The number of benzene rings is 1. The van der Waals surface area contributed by atoms with Gasteiger partial charge < -0.3 is 10.2 Å². The standard InChI is InChI=1S/C14H21ClN2.ClH/c1-12(13-4-2-5-14(15)10-13)11-17-8-3-6-16-7-9-17;/h2,4-5,10,12,16H,3,6-9,11H2,1H3;1H. The normalized spacial score (nSPS) is 18.8. The molecule has 2 nitrogen and oxygen atoms in total. The summed E-state index contributed by atoms with van der Waals surface area (Å²) in [7, 11) is 0. The fraction of sp³-hybridized carbons (Fsp3) is 0.571. The number of hydrogen-bond acceptors (Lipinski definition) is 2. The van der Waals surface area contributed by atoms with Crippen LogP contribution >= 0.6 is 24.0 Å². The van der Waals surface area contributed by atoms with Crippen molar-refractivity contribution in [3.8, 4) is 0 Å². The van der Waals surface area contributed by atoms with E-state index in [4.69, 9.17) is 11.6 Å². The second-order valence-corrected chi connectivity index (χ2v) is 5.30.